The number of rotatable bonds is 6. The monoisotopic (exact) mass is 326 g/mol. The molecule has 1 fully saturated rings. The van der Waals surface area contributed by atoms with E-state index in [1.54, 1.807) is 11.0 Å². The fourth-order valence-electron chi connectivity index (χ4n) is 2.48. The molecule has 0 aromatic heterocycles. The van der Waals surface area contributed by atoms with Crippen LogP contribution >= 0.6 is 0 Å². The van der Waals surface area contributed by atoms with Crippen molar-refractivity contribution in [3.63, 3.8) is 0 Å². The Kier molecular flexibility index (Phi) is 7.06. The maximum absolute atomic E-state index is 12.1. The van der Waals surface area contributed by atoms with Crippen molar-refractivity contribution in [3.8, 4) is 0 Å². The molecule has 23 heavy (non-hydrogen) atoms. The number of nitrogens with one attached hydrogen (secondary N) is 1. The third-order valence-corrected chi connectivity index (χ3v) is 3.92. The third-order valence-electron chi connectivity index (χ3n) is 3.92. The zero-order chi connectivity index (χ0) is 17.5. The van der Waals surface area contributed by atoms with Crippen LogP contribution < -0.4 is 5.32 Å². The van der Waals surface area contributed by atoms with E-state index in [-0.39, 0.29) is 24.2 Å². The third kappa shape index (κ3) is 6.60. The van der Waals surface area contributed by atoms with E-state index >= 15 is 0 Å². The van der Waals surface area contributed by atoms with Gasteiger partial charge in [-0.15, -0.1) is 6.58 Å². The predicted molar refractivity (Wildman–Crippen MR) is 89.2 cm³/mol. The minimum absolute atomic E-state index is 0.0358. The first-order valence-electron chi connectivity index (χ1n) is 8.21. The van der Waals surface area contributed by atoms with E-state index in [0.29, 0.717) is 32.5 Å². The molecule has 1 aliphatic heterocycles. The Labute approximate surface area is 139 Å². The Morgan fingerprint density at radius 3 is 2.39 bits per heavy atom. The highest BCUT2D eigenvalue weighted by Gasteiger charge is 2.37. The van der Waals surface area contributed by atoms with Crippen molar-refractivity contribution in [1.82, 2.24) is 10.2 Å². The Morgan fingerprint density at radius 2 is 1.91 bits per heavy atom. The van der Waals surface area contributed by atoms with Crippen molar-refractivity contribution in [1.29, 1.82) is 0 Å². The molecule has 0 bridgehead atoms. The van der Waals surface area contributed by atoms with Gasteiger partial charge in [-0.05, 0) is 40.0 Å². The number of nitrogens with zero attached hydrogens (tertiary/aromatic N) is 1. The highest BCUT2D eigenvalue weighted by Crippen LogP contribution is 2.30. The number of carbonyl (C=O) groups is 2. The quantitative estimate of drug-likeness (QED) is 0.762. The molecule has 2 amide bonds. The lowest BCUT2D eigenvalue weighted by atomic mass is 9.88. The highest BCUT2D eigenvalue weighted by molar-refractivity contribution is 5.77. The zero-order valence-electron chi connectivity index (χ0n) is 14.8. The van der Waals surface area contributed by atoms with Gasteiger partial charge in [-0.2, -0.15) is 0 Å². The molecule has 0 atom stereocenters. The van der Waals surface area contributed by atoms with Crippen LogP contribution in [0.25, 0.3) is 0 Å². The molecular formula is C17H30N2O4. The Bertz CT molecular complexity index is 421. The van der Waals surface area contributed by atoms with Crippen molar-refractivity contribution < 1.29 is 19.1 Å². The summed E-state index contributed by atoms with van der Waals surface area (Å²) in [6.07, 6.45) is 3.57. The summed E-state index contributed by atoms with van der Waals surface area (Å²) in [5, 5.41) is 2.70. The predicted octanol–water partition coefficient (Wildman–Crippen LogP) is 2.48. The van der Waals surface area contributed by atoms with Gasteiger partial charge >= 0.3 is 6.09 Å². The van der Waals surface area contributed by atoms with Crippen LogP contribution in [0.2, 0.25) is 0 Å². The van der Waals surface area contributed by atoms with E-state index in [0.717, 1.165) is 6.42 Å². The van der Waals surface area contributed by atoms with Crippen molar-refractivity contribution in [2.75, 3.05) is 26.2 Å². The summed E-state index contributed by atoms with van der Waals surface area (Å²) in [6, 6.07) is 0. The van der Waals surface area contributed by atoms with Gasteiger partial charge in [0.2, 0.25) is 5.91 Å². The molecule has 0 aliphatic carbocycles. The van der Waals surface area contributed by atoms with Crippen LogP contribution in [0.15, 0.2) is 12.7 Å². The summed E-state index contributed by atoms with van der Waals surface area (Å²) in [7, 11) is 0. The lowest BCUT2D eigenvalue weighted by Crippen LogP contribution is -2.50. The summed E-state index contributed by atoms with van der Waals surface area (Å²) in [5.74, 6) is -0.146. The van der Waals surface area contributed by atoms with Gasteiger partial charge in [-0.3, -0.25) is 4.79 Å². The highest BCUT2D eigenvalue weighted by atomic mass is 16.6. The average molecular weight is 326 g/mol. The molecule has 6 heteroatoms. The topological polar surface area (TPSA) is 67.9 Å². The van der Waals surface area contributed by atoms with Crippen molar-refractivity contribution >= 4 is 12.0 Å². The first-order valence-corrected chi connectivity index (χ1v) is 8.21. The molecule has 1 saturated heterocycles. The number of carbonyl (C=O) groups excluding carboxylic acids is 2. The maximum atomic E-state index is 12.1. The molecule has 0 radical (unpaired) electrons. The van der Waals surface area contributed by atoms with E-state index in [2.05, 4.69) is 11.9 Å². The fourth-order valence-corrected chi connectivity index (χ4v) is 2.48. The molecular weight excluding hydrogens is 296 g/mol. The van der Waals surface area contributed by atoms with Crippen LogP contribution in [0.1, 0.15) is 47.0 Å². The Hall–Kier alpha value is -1.56. The molecule has 1 N–H and O–H groups in total. The molecule has 6 nitrogen and oxygen atoms in total. The molecule has 1 aliphatic rings. The fraction of sp³-hybridized carbons (Fsp3) is 0.765. The molecule has 1 rings (SSSR count). The van der Waals surface area contributed by atoms with Crippen LogP contribution in [0.3, 0.4) is 0 Å². The van der Waals surface area contributed by atoms with Gasteiger partial charge < -0.3 is 19.7 Å². The normalized spacial score (nSPS) is 17.5. The second-order valence-corrected chi connectivity index (χ2v) is 6.89. The van der Waals surface area contributed by atoms with E-state index in [1.165, 1.54) is 0 Å². The van der Waals surface area contributed by atoms with Gasteiger partial charge in [0.05, 0.1) is 5.60 Å². The van der Waals surface area contributed by atoms with Gasteiger partial charge in [0, 0.05) is 19.6 Å². The van der Waals surface area contributed by atoms with Crippen LogP contribution in [0.5, 0.6) is 0 Å². The second kappa shape index (κ2) is 8.34. The van der Waals surface area contributed by atoms with Gasteiger partial charge in [0.25, 0.3) is 0 Å². The molecule has 132 valence electrons. The average Bonchev–Trinajstić information content (AvgIpc) is 2.49. The number of hydrogen-bond donors (Lipinski definition) is 1. The molecule has 0 aromatic carbocycles. The lowest BCUT2D eigenvalue weighted by molar-refractivity contribution is -0.138. The van der Waals surface area contributed by atoms with Gasteiger partial charge in [0.15, 0.2) is 0 Å². The largest absolute Gasteiger partial charge is 0.444 e. The van der Waals surface area contributed by atoms with E-state index < -0.39 is 5.60 Å². The first kappa shape index (κ1) is 19.5. The van der Waals surface area contributed by atoms with E-state index in [9.17, 15) is 9.59 Å². The van der Waals surface area contributed by atoms with Crippen LogP contribution in [-0.2, 0) is 14.3 Å². The zero-order valence-corrected chi connectivity index (χ0v) is 14.8. The van der Waals surface area contributed by atoms with Crippen molar-refractivity contribution in [3.05, 3.63) is 12.7 Å². The molecule has 0 unspecified atom stereocenters. The summed E-state index contributed by atoms with van der Waals surface area (Å²) < 4.78 is 11.3. The summed E-state index contributed by atoms with van der Waals surface area (Å²) in [5.41, 5.74) is -0.833. The van der Waals surface area contributed by atoms with Crippen molar-refractivity contribution in [2.24, 2.45) is 0 Å². The number of likely N-dealkylation sites (tertiary alicyclic amines) is 1. The van der Waals surface area contributed by atoms with Crippen LogP contribution in [0.4, 0.5) is 4.79 Å². The number of amides is 2. The number of hydrogen-bond acceptors (Lipinski definition) is 4. The van der Waals surface area contributed by atoms with Crippen LogP contribution in [0, 0.1) is 0 Å². The van der Waals surface area contributed by atoms with Gasteiger partial charge in [-0.25, -0.2) is 4.79 Å². The standard InChI is InChI=1S/C17H30N2O4/c1-6-10-18-14(20)13-22-17(7-2)8-11-19(12-9-17)15(21)23-16(3,4)5/h6H,1,7-13H2,2-5H3,(H,18,20). The minimum Gasteiger partial charge on any atom is -0.444 e. The Morgan fingerprint density at radius 1 is 1.30 bits per heavy atom. The summed E-state index contributed by atoms with van der Waals surface area (Å²) >= 11 is 0. The number of ether oxygens (including phenoxy) is 2. The molecule has 0 spiro atoms. The van der Waals surface area contributed by atoms with Crippen LogP contribution in [-0.4, -0.2) is 54.3 Å². The van der Waals surface area contributed by atoms with Gasteiger partial charge in [-0.1, -0.05) is 13.0 Å². The smallest absolute Gasteiger partial charge is 0.410 e. The van der Waals surface area contributed by atoms with Crippen molar-refractivity contribution in [2.45, 2.75) is 58.2 Å². The SMILES string of the molecule is C=CCNC(=O)COC1(CC)CCN(C(=O)OC(C)(C)C)CC1. The lowest BCUT2D eigenvalue weighted by Gasteiger charge is -2.41. The summed E-state index contributed by atoms with van der Waals surface area (Å²) in [6.45, 7) is 12.8. The second-order valence-electron chi connectivity index (χ2n) is 6.89. The van der Waals surface area contributed by atoms with E-state index in [4.69, 9.17) is 9.47 Å². The summed E-state index contributed by atoms with van der Waals surface area (Å²) in [4.78, 5) is 25.5. The Balaban J connectivity index is 2.48. The molecule has 0 saturated carbocycles. The molecule has 0 aromatic rings. The number of piperidine rings is 1. The van der Waals surface area contributed by atoms with E-state index in [1.807, 2.05) is 27.7 Å². The maximum Gasteiger partial charge on any atom is 0.410 e. The minimum atomic E-state index is -0.490. The molecule has 1 heterocycles. The van der Waals surface area contributed by atoms with Gasteiger partial charge in [0.1, 0.15) is 12.2 Å². The first-order chi connectivity index (χ1) is 10.7.